The highest BCUT2D eigenvalue weighted by molar-refractivity contribution is 5.92. The molecule has 0 radical (unpaired) electrons. The Labute approximate surface area is 114 Å². The zero-order valence-corrected chi connectivity index (χ0v) is 11.4. The largest absolute Gasteiger partial charge is 0.497 e. The number of aromatic nitrogens is 1. The van der Waals surface area contributed by atoms with Gasteiger partial charge in [0, 0.05) is 18.1 Å². The number of pyridine rings is 1. The minimum Gasteiger partial charge on any atom is -0.497 e. The van der Waals surface area contributed by atoms with Gasteiger partial charge in [0.2, 0.25) is 0 Å². The molecule has 1 aromatic carbocycles. The number of methoxy groups -OCH3 is 1. The number of nitrogens with zero attached hydrogens (tertiary/aromatic N) is 1. The molecule has 0 aliphatic rings. The average Bonchev–Trinajstić information content (AvgIpc) is 2.46. The third-order valence-electron chi connectivity index (χ3n) is 3.14. The second-order valence-corrected chi connectivity index (χ2v) is 4.52. The molecule has 0 aliphatic heterocycles. The molecule has 0 saturated heterocycles. The standard InChI is InChI=1S/C15H21N3O/c1-19-13-5-6-14-12(11-13)7-10-18-15(14)17-9-4-2-3-8-16/h5-7,10-11H,2-4,8-9,16H2,1H3,(H,17,18). The van der Waals surface area contributed by atoms with Gasteiger partial charge in [-0.1, -0.05) is 6.42 Å². The van der Waals surface area contributed by atoms with Gasteiger partial charge in [-0.15, -0.1) is 0 Å². The highest BCUT2D eigenvalue weighted by Gasteiger charge is 2.02. The number of hydrogen-bond acceptors (Lipinski definition) is 4. The Bertz CT molecular complexity index is 528. The Kier molecular flexibility index (Phi) is 4.98. The highest BCUT2D eigenvalue weighted by Crippen LogP contribution is 2.25. The van der Waals surface area contributed by atoms with Crippen LogP contribution in [0.2, 0.25) is 0 Å². The maximum atomic E-state index is 5.48. The van der Waals surface area contributed by atoms with Gasteiger partial charge in [-0.2, -0.15) is 0 Å². The molecule has 0 bridgehead atoms. The summed E-state index contributed by atoms with van der Waals surface area (Å²) in [7, 11) is 1.68. The lowest BCUT2D eigenvalue weighted by atomic mass is 10.1. The maximum absolute atomic E-state index is 5.48. The third kappa shape index (κ3) is 3.58. The number of rotatable bonds is 7. The lowest BCUT2D eigenvalue weighted by Crippen LogP contribution is -2.05. The van der Waals surface area contributed by atoms with Crippen LogP contribution in [0.1, 0.15) is 19.3 Å². The Morgan fingerprint density at radius 1 is 1.21 bits per heavy atom. The normalized spacial score (nSPS) is 10.6. The van der Waals surface area contributed by atoms with Gasteiger partial charge < -0.3 is 15.8 Å². The third-order valence-corrected chi connectivity index (χ3v) is 3.14. The molecule has 1 heterocycles. The fourth-order valence-electron chi connectivity index (χ4n) is 2.08. The summed E-state index contributed by atoms with van der Waals surface area (Å²) < 4.78 is 5.23. The van der Waals surface area contributed by atoms with Gasteiger partial charge in [0.25, 0.3) is 0 Å². The van der Waals surface area contributed by atoms with Crippen LogP contribution in [0.4, 0.5) is 5.82 Å². The Hall–Kier alpha value is -1.81. The molecule has 4 heteroatoms. The molecule has 0 aliphatic carbocycles. The first-order chi connectivity index (χ1) is 9.35. The van der Waals surface area contributed by atoms with Crippen LogP contribution in [0.25, 0.3) is 10.8 Å². The van der Waals surface area contributed by atoms with Gasteiger partial charge in [0.05, 0.1) is 7.11 Å². The van der Waals surface area contributed by atoms with Gasteiger partial charge in [-0.25, -0.2) is 4.98 Å². The molecule has 2 rings (SSSR count). The zero-order valence-electron chi connectivity index (χ0n) is 11.4. The van der Waals surface area contributed by atoms with E-state index in [1.54, 1.807) is 7.11 Å². The van der Waals surface area contributed by atoms with E-state index in [1.165, 1.54) is 0 Å². The SMILES string of the molecule is COc1ccc2c(NCCCCCN)nccc2c1. The van der Waals surface area contributed by atoms with E-state index < -0.39 is 0 Å². The molecule has 4 nitrogen and oxygen atoms in total. The summed E-state index contributed by atoms with van der Waals surface area (Å²) in [5, 5.41) is 5.66. The van der Waals surface area contributed by atoms with E-state index in [9.17, 15) is 0 Å². The first-order valence-electron chi connectivity index (χ1n) is 6.72. The molecular weight excluding hydrogens is 238 g/mol. The molecule has 3 N–H and O–H groups in total. The molecule has 2 aromatic rings. The summed E-state index contributed by atoms with van der Waals surface area (Å²) >= 11 is 0. The first kappa shape index (κ1) is 13.6. The lowest BCUT2D eigenvalue weighted by Gasteiger charge is -2.09. The minimum absolute atomic E-state index is 0.770. The van der Waals surface area contributed by atoms with Crippen molar-refractivity contribution < 1.29 is 4.74 Å². The zero-order chi connectivity index (χ0) is 13.5. The molecule has 102 valence electrons. The van der Waals surface area contributed by atoms with Gasteiger partial charge in [-0.3, -0.25) is 0 Å². The second kappa shape index (κ2) is 6.95. The second-order valence-electron chi connectivity index (χ2n) is 4.52. The predicted octanol–water partition coefficient (Wildman–Crippen LogP) is 2.78. The van der Waals surface area contributed by atoms with Crippen LogP contribution in [0.3, 0.4) is 0 Å². The number of anilines is 1. The Balaban J connectivity index is 2.06. The topological polar surface area (TPSA) is 60.2 Å². The molecule has 0 amide bonds. The van der Waals surface area contributed by atoms with E-state index in [2.05, 4.69) is 10.3 Å². The highest BCUT2D eigenvalue weighted by atomic mass is 16.5. The van der Waals surface area contributed by atoms with Gasteiger partial charge in [-0.05, 0) is 49.0 Å². The van der Waals surface area contributed by atoms with E-state index in [1.807, 2.05) is 30.5 Å². The van der Waals surface area contributed by atoms with Crippen molar-refractivity contribution in [2.75, 3.05) is 25.5 Å². The van der Waals surface area contributed by atoms with E-state index in [0.717, 1.165) is 54.7 Å². The fourth-order valence-corrected chi connectivity index (χ4v) is 2.08. The summed E-state index contributed by atoms with van der Waals surface area (Å²) in [6, 6.07) is 8.03. The average molecular weight is 259 g/mol. The summed E-state index contributed by atoms with van der Waals surface area (Å²) in [6.45, 7) is 1.70. The summed E-state index contributed by atoms with van der Waals surface area (Å²) in [6.07, 6.45) is 5.18. The van der Waals surface area contributed by atoms with Crippen molar-refractivity contribution in [3.05, 3.63) is 30.5 Å². The number of nitrogens with two attached hydrogens (primary N) is 1. The Morgan fingerprint density at radius 3 is 2.89 bits per heavy atom. The number of ether oxygens (including phenoxy) is 1. The number of benzene rings is 1. The molecular formula is C15H21N3O. The van der Waals surface area contributed by atoms with E-state index in [4.69, 9.17) is 10.5 Å². The van der Waals surface area contributed by atoms with Crippen molar-refractivity contribution in [1.29, 1.82) is 0 Å². The lowest BCUT2D eigenvalue weighted by molar-refractivity contribution is 0.415. The van der Waals surface area contributed by atoms with Crippen molar-refractivity contribution in [3.8, 4) is 5.75 Å². The van der Waals surface area contributed by atoms with Crippen LogP contribution in [0, 0.1) is 0 Å². The number of fused-ring (bicyclic) bond motifs is 1. The quantitative estimate of drug-likeness (QED) is 0.751. The molecule has 0 atom stereocenters. The van der Waals surface area contributed by atoms with Crippen LogP contribution >= 0.6 is 0 Å². The monoisotopic (exact) mass is 259 g/mol. The van der Waals surface area contributed by atoms with Crippen LogP contribution in [0.15, 0.2) is 30.5 Å². The number of hydrogen-bond donors (Lipinski definition) is 2. The predicted molar refractivity (Wildman–Crippen MR) is 79.7 cm³/mol. The molecule has 0 spiro atoms. The molecule has 19 heavy (non-hydrogen) atoms. The van der Waals surface area contributed by atoms with Crippen LogP contribution in [0.5, 0.6) is 5.75 Å². The van der Waals surface area contributed by atoms with Gasteiger partial charge in [0.1, 0.15) is 11.6 Å². The maximum Gasteiger partial charge on any atom is 0.133 e. The van der Waals surface area contributed by atoms with Crippen molar-refractivity contribution in [3.63, 3.8) is 0 Å². The summed E-state index contributed by atoms with van der Waals surface area (Å²) in [5.74, 6) is 1.81. The van der Waals surface area contributed by atoms with Crippen LogP contribution in [-0.2, 0) is 0 Å². The van der Waals surface area contributed by atoms with Crippen molar-refractivity contribution in [2.24, 2.45) is 5.73 Å². The molecule has 0 saturated carbocycles. The number of unbranched alkanes of at least 4 members (excludes halogenated alkanes) is 2. The van der Waals surface area contributed by atoms with Gasteiger partial charge >= 0.3 is 0 Å². The Morgan fingerprint density at radius 2 is 2.11 bits per heavy atom. The first-order valence-corrected chi connectivity index (χ1v) is 6.72. The van der Waals surface area contributed by atoms with Crippen molar-refractivity contribution in [2.45, 2.75) is 19.3 Å². The number of nitrogens with one attached hydrogen (secondary N) is 1. The van der Waals surface area contributed by atoms with Crippen molar-refractivity contribution >= 4 is 16.6 Å². The molecule has 0 unspecified atom stereocenters. The minimum atomic E-state index is 0.770. The molecule has 1 aromatic heterocycles. The molecule has 0 fully saturated rings. The van der Waals surface area contributed by atoms with Crippen LogP contribution < -0.4 is 15.8 Å². The summed E-state index contributed by atoms with van der Waals surface area (Å²) in [5.41, 5.74) is 5.48. The van der Waals surface area contributed by atoms with E-state index in [0.29, 0.717) is 0 Å². The van der Waals surface area contributed by atoms with E-state index >= 15 is 0 Å². The smallest absolute Gasteiger partial charge is 0.133 e. The summed E-state index contributed by atoms with van der Waals surface area (Å²) in [4.78, 5) is 4.40. The fraction of sp³-hybridized carbons (Fsp3) is 0.400. The van der Waals surface area contributed by atoms with Crippen LogP contribution in [-0.4, -0.2) is 25.2 Å². The van der Waals surface area contributed by atoms with E-state index in [-0.39, 0.29) is 0 Å². The van der Waals surface area contributed by atoms with Gasteiger partial charge in [0.15, 0.2) is 0 Å². The van der Waals surface area contributed by atoms with Crippen molar-refractivity contribution in [1.82, 2.24) is 4.98 Å².